The average Bonchev–Trinajstić information content (AvgIpc) is 3.20. The summed E-state index contributed by atoms with van der Waals surface area (Å²) in [6.45, 7) is 0.882. The predicted octanol–water partition coefficient (Wildman–Crippen LogP) is 1.88. The molecule has 3 aromatic rings. The summed E-state index contributed by atoms with van der Waals surface area (Å²) in [5.74, 6) is 0.354. The van der Waals surface area contributed by atoms with Crippen molar-refractivity contribution in [3.8, 4) is 5.75 Å². The Bertz CT molecular complexity index is 952. The van der Waals surface area contributed by atoms with E-state index in [0.717, 1.165) is 16.9 Å². The van der Waals surface area contributed by atoms with Crippen LogP contribution in [0.1, 0.15) is 21.6 Å². The molecule has 0 aliphatic rings. The normalized spacial score (nSPS) is 10.4. The Morgan fingerprint density at radius 3 is 2.41 bits per heavy atom. The van der Waals surface area contributed by atoms with Crippen molar-refractivity contribution in [1.82, 2.24) is 25.2 Å². The van der Waals surface area contributed by atoms with Gasteiger partial charge in [-0.2, -0.15) is 0 Å². The monoisotopic (exact) mass is 393 g/mol. The van der Waals surface area contributed by atoms with Crippen molar-refractivity contribution in [2.45, 2.75) is 19.7 Å². The van der Waals surface area contributed by atoms with Gasteiger partial charge < -0.3 is 15.0 Å². The molecule has 1 aromatic heterocycles. The topological polar surface area (TPSA) is 89.4 Å². The van der Waals surface area contributed by atoms with Crippen LogP contribution in [0.15, 0.2) is 60.8 Å². The number of amides is 2. The van der Waals surface area contributed by atoms with Crippen LogP contribution < -0.4 is 10.1 Å². The lowest BCUT2D eigenvalue weighted by Crippen LogP contribution is -2.26. The molecule has 0 aliphatic heterocycles. The van der Waals surface area contributed by atoms with Crippen LogP contribution in [0.3, 0.4) is 0 Å². The molecule has 1 heterocycles. The van der Waals surface area contributed by atoms with Gasteiger partial charge >= 0.3 is 0 Å². The second-order valence-corrected chi connectivity index (χ2v) is 6.69. The summed E-state index contributed by atoms with van der Waals surface area (Å²) in [6.07, 6.45) is 1.46. The number of hydrogen-bond acceptors (Lipinski definition) is 5. The third-order valence-electron chi connectivity index (χ3n) is 4.19. The molecule has 8 nitrogen and oxygen atoms in total. The number of carbonyl (C=O) groups is 2. The van der Waals surface area contributed by atoms with Crippen molar-refractivity contribution in [1.29, 1.82) is 0 Å². The van der Waals surface area contributed by atoms with E-state index in [-0.39, 0.29) is 24.1 Å². The molecule has 0 fully saturated rings. The van der Waals surface area contributed by atoms with E-state index in [9.17, 15) is 9.59 Å². The summed E-state index contributed by atoms with van der Waals surface area (Å²) >= 11 is 0. The fourth-order valence-electron chi connectivity index (χ4n) is 2.47. The number of rotatable bonds is 8. The summed E-state index contributed by atoms with van der Waals surface area (Å²) in [6, 6.07) is 17.4. The molecule has 2 aromatic carbocycles. The predicted molar refractivity (Wildman–Crippen MR) is 107 cm³/mol. The maximum absolute atomic E-state index is 12.2. The van der Waals surface area contributed by atoms with E-state index in [1.807, 2.05) is 54.6 Å². The second-order valence-electron chi connectivity index (χ2n) is 6.69. The van der Waals surface area contributed by atoms with Crippen LogP contribution in [0.2, 0.25) is 0 Å². The highest BCUT2D eigenvalue weighted by Crippen LogP contribution is 2.12. The van der Waals surface area contributed by atoms with Gasteiger partial charge in [0.25, 0.3) is 5.91 Å². The first-order valence-electron chi connectivity index (χ1n) is 9.15. The standard InChI is InChI=1S/C21H23N5O3/c1-25(2)20(27)14-26-13-19(23-24-26)21(28)22-12-16-8-10-17(11-9-16)15-29-18-6-4-3-5-7-18/h3-11,13H,12,14-15H2,1-2H3,(H,22,28). The maximum Gasteiger partial charge on any atom is 0.273 e. The number of likely N-dealkylation sites (N-methyl/N-ethyl adjacent to an activating group) is 1. The second kappa shape index (κ2) is 9.50. The van der Waals surface area contributed by atoms with Crippen molar-refractivity contribution in [3.63, 3.8) is 0 Å². The quantitative estimate of drug-likeness (QED) is 0.631. The third kappa shape index (κ3) is 5.90. The number of para-hydroxylation sites is 1. The maximum atomic E-state index is 12.2. The van der Waals surface area contributed by atoms with Gasteiger partial charge in [0, 0.05) is 20.6 Å². The van der Waals surface area contributed by atoms with Gasteiger partial charge in [0.2, 0.25) is 5.91 Å². The molecule has 0 unspecified atom stereocenters. The largest absolute Gasteiger partial charge is 0.489 e. The van der Waals surface area contributed by atoms with E-state index in [2.05, 4.69) is 15.6 Å². The van der Waals surface area contributed by atoms with E-state index < -0.39 is 0 Å². The fourth-order valence-corrected chi connectivity index (χ4v) is 2.47. The van der Waals surface area contributed by atoms with Crippen molar-refractivity contribution in [2.24, 2.45) is 0 Å². The molecule has 1 N–H and O–H groups in total. The zero-order valence-corrected chi connectivity index (χ0v) is 16.4. The molecule has 8 heteroatoms. The summed E-state index contributed by atoms with van der Waals surface area (Å²) in [7, 11) is 3.32. The molecule has 0 atom stereocenters. The molecule has 3 rings (SSSR count). The molecule has 0 spiro atoms. The van der Waals surface area contributed by atoms with Gasteiger partial charge in [0.15, 0.2) is 5.69 Å². The van der Waals surface area contributed by atoms with E-state index in [0.29, 0.717) is 13.2 Å². The smallest absolute Gasteiger partial charge is 0.273 e. The minimum atomic E-state index is -0.343. The van der Waals surface area contributed by atoms with Crippen LogP contribution in [-0.4, -0.2) is 45.8 Å². The number of nitrogens with one attached hydrogen (secondary N) is 1. The zero-order chi connectivity index (χ0) is 20.6. The van der Waals surface area contributed by atoms with Gasteiger partial charge in [0.1, 0.15) is 18.9 Å². The average molecular weight is 393 g/mol. The minimum absolute atomic E-state index is 0.0415. The molecule has 0 aliphatic carbocycles. The third-order valence-corrected chi connectivity index (χ3v) is 4.19. The van der Waals surface area contributed by atoms with Crippen LogP contribution in [0.4, 0.5) is 0 Å². The van der Waals surface area contributed by atoms with Gasteiger partial charge in [-0.15, -0.1) is 5.10 Å². The molecular formula is C21H23N5O3. The lowest BCUT2D eigenvalue weighted by molar-refractivity contribution is -0.129. The molecular weight excluding hydrogens is 370 g/mol. The highest BCUT2D eigenvalue weighted by molar-refractivity contribution is 5.91. The molecule has 0 bridgehead atoms. The lowest BCUT2D eigenvalue weighted by Gasteiger charge is -2.08. The van der Waals surface area contributed by atoms with Crippen molar-refractivity contribution < 1.29 is 14.3 Å². The van der Waals surface area contributed by atoms with Gasteiger partial charge in [-0.3, -0.25) is 9.59 Å². The summed E-state index contributed by atoms with van der Waals surface area (Å²) in [4.78, 5) is 25.4. The van der Waals surface area contributed by atoms with E-state index in [4.69, 9.17) is 4.74 Å². The summed E-state index contributed by atoms with van der Waals surface area (Å²) in [5.41, 5.74) is 2.17. The van der Waals surface area contributed by atoms with Crippen LogP contribution >= 0.6 is 0 Å². The van der Waals surface area contributed by atoms with Gasteiger partial charge in [-0.1, -0.05) is 47.7 Å². The van der Waals surface area contributed by atoms with Crippen molar-refractivity contribution in [2.75, 3.05) is 14.1 Å². The highest BCUT2D eigenvalue weighted by atomic mass is 16.5. The van der Waals surface area contributed by atoms with Crippen molar-refractivity contribution >= 4 is 11.8 Å². The molecule has 0 radical (unpaired) electrons. The molecule has 2 amide bonds. The Hall–Kier alpha value is -3.68. The first-order valence-corrected chi connectivity index (χ1v) is 9.15. The summed E-state index contributed by atoms with van der Waals surface area (Å²) < 4.78 is 7.06. The van der Waals surface area contributed by atoms with Crippen molar-refractivity contribution in [3.05, 3.63) is 77.6 Å². The number of carbonyl (C=O) groups excluding carboxylic acids is 2. The van der Waals surface area contributed by atoms with E-state index in [1.54, 1.807) is 14.1 Å². The Balaban J connectivity index is 1.47. The Kier molecular flexibility index (Phi) is 6.57. The molecule has 29 heavy (non-hydrogen) atoms. The molecule has 0 saturated heterocycles. The Labute approximate surface area is 169 Å². The number of nitrogens with zero attached hydrogens (tertiary/aromatic N) is 4. The first kappa shape index (κ1) is 20.1. The van der Waals surface area contributed by atoms with Crippen LogP contribution in [0.25, 0.3) is 0 Å². The Morgan fingerprint density at radius 1 is 1.03 bits per heavy atom. The molecule has 150 valence electrons. The lowest BCUT2D eigenvalue weighted by atomic mass is 10.1. The van der Waals surface area contributed by atoms with Crippen LogP contribution in [0, 0.1) is 0 Å². The van der Waals surface area contributed by atoms with E-state index in [1.165, 1.54) is 15.8 Å². The SMILES string of the molecule is CN(C)C(=O)Cn1cc(C(=O)NCc2ccc(COc3ccccc3)cc2)nn1. The zero-order valence-electron chi connectivity index (χ0n) is 16.4. The van der Waals surface area contributed by atoms with Gasteiger partial charge in [0.05, 0.1) is 6.20 Å². The summed E-state index contributed by atoms with van der Waals surface area (Å²) in [5, 5.41) is 10.4. The number of aromatic nitrogens is 3. The number of benzene rings is 2. The van der Waals surface area contributed by atoms with Gasteiger partial charge in [-0.05, 0) is 23.3 Å². The van der Waals surface area contributed by atoms with E-state index >= 15 is 0 Å². The highest BCUT2D eigenvalue weighted by Gasteiger charge is 2.13. The number of ether oxygens (including phenoxy) is 1. The van der Waals surface area contributed by atoms with Crippen LogP contribution in [-0.2, 0) is 24.5 Å². The molecule has 0 saturated carbocycles. The first-order chi connectivity index (χ1) is 14.0. The van der Waals surface area contributed by atoms with Gasteiger partial charge in [-0.25, -0.2) is 4.68 Å². The minimum Gasteiger partial charge on any atom is -0.489 e. The Morgan fingerprint density at radius 2 is 1.72 bits per heavy atom. The number of hydrogen-bond donors (Lipinski definition) is 1. The van der Waals surface area contributed by atoms with Crippen LogP contribution in [0.5, 0.6) is 5.75 Å². The fraction of sp³-hybridized carbons (Fsp3) is 0.238.